The zero-order valence-electron chi connectivity index (χ0n) is 11.4. The van der Waals surface area contributed by atoms with Crippen LogP contribution in [0.1, 0.15) is 22.1 Å². The minimum absolute atomic E-state index is 0.466. The third-order valence-corrected chi connectivity index (χ3v) is 5.09. The summed E-state index contributed by atoms with van der Waals surface area (Å²) in [7, 11) is 1.63. The fraction of sp³-hybridized carbons (Fsp3) is 0.333. The molecule has 0 spiro atoms. The van der Waals surface area contributed by atoms with Gasteiger partial charge in [0.25, 0.3) is 0 Å². The average molecular weight is 357 g/mol. The standard InChI is InChI=1S/C15H17BrO3S/c1-10-9-13(20-15(10)16)14(17)11-5-3-4-6-12(11)19-8-7-18-2/h3-6,9,14,17H,7-8H2,1-2H3. The van der Waals surface area contributed by atoms with Crippen molar-refractivity contribution in [1.29, 1.82) is 0 Å². The van der Waals surface area contributed by atoms with E-state index in [1.807, 2.05) is 37.3 Å². The lowest BCUT2D eigenvalue weighted by Crippen LogP contribution is -2.07. The maximum atomic E-state index is 10.5. The second-order valence-electron chi connectivity index (χ2n) is 4.39. The first-order valence-corrected chi connectivity index (χ1v) is 7.89. The lowest BCUT2D eigenvalue weighted by molar-refractivity contribution is 0.142. The Kier molecular flexibility index (Phi) is 5.60. The molecule has 0 saturated heterocycles. The minimum atomic E-state index is -0.677. The van der Waals surface area contributed by atoms with E-state index in [2.05, 4.69) is 15.9 Å². The Balaban J connectivity index is 2.22. The molecule has 1 atom stereocenters. The summed E-state index contributed by atoms with van der Waals surface area (Å²) >= 11 is 5.03. The van der Waals surface area contributed by atoms with Crippen molar-refractivity contribution in [2.45, 2.75) is 13.0 Å². The number of rotatable bonds is 6. The number of para-hydroxylation sites is 1. The van der Waals surface area contributed by atoms with E-state index in [0.29, 0.717) is 19.0 Å². The van der Waals surface area contributed by atoms with E-state index in [0.717, 1.165) is 19.8 Å². The van der Waals surface area contributed by atoms with Gasteiger partial charge in [0.15, 0.2) is 0 Å². The molecular formula is C15H17BrO3S. The molecule has 0 aliphatic heterocycles. The number of hydrogen-bond acceptors (Lipinski definition) is 4. The first kappa shape index (κ1) is 15.5. The van der Waals surface area contributed by atoms with Gasteiger partial charge in [0.1, 0.15) is 18.5 Å². The average Bonchev–Trinajstić information content (AvgIpc) is 2.79. The predicted molar refractivity (Wildman–Crippen MR) is 84.6 cm³/mol. The summed E-state index contributed by atoms with van der Waals surface area (Å²) in [6.07, 6.45) is -0.677. The molecule has 1 aromatic carbocycles. The van der Waals surface area contributed by atoms with E-state index in [4.69, 9.17) is 9.47 Å². The SMILES string of the molecule is COCCOc1ccccc1C(O)c1cc(C)c(Br)s1. The molecule has 2 rings (SSSR count). The molecule has 1 unspecified atom stereocenters. The molecule has 1 heterocycles. The van der Waals surface area contributed by atoms with Crippen molar-refractivity contribution in [3.8, 4) is 5.75 Å². The normalized spacial score (nSPS) is 12.4. The Morgan fingerprint density at radius 2 is 2.05 bits per heavy atom. The summed E-state index contributed by atoms with van der Waals surface area (Å²) in [5.74, 6) is 0.694. The first-order valence-electron chi connectivity index (χ1n) is 6.28. The van der Waals surface area contributed by atoms with Crippen molar-refractivity contribution in [3.05, 3.63) is 50.1 Å². The van der Waals surface area contributed by atoms with Crippen LogP contribution in [-0.2, 0) is 4.74 Å². The molecule has 0 aliphatic carbocycles. The van der Waals surface area contributed by atoms with Gasteiger partial charge in [0.05, 0.1) is 10.4 Å². The van der Waals surface area contributed by atoms with Gasteiger partial charge in [-0.1, -0.05) is 18.2 Å². The lowest BCUT2D eigenvalue weighted by Gasteiger charge is -2.15. The number of thiophene rings is 1. The molecule has 5 heteroatoms. The van der Waals surface area contributed by atoms with Crippen molar-refractivity contribution in [3.63, 3.8) is 0 Å². The fourth-order valence-corrected chi connectivity index (χ4v) is 3.42. The third kappa shape index (κ3) is 3.61. The maximum absolute atomic E-state index is 10.5. The first-order chi connectivity index (χ1) is 9.63. The van der Waals surface area contributed by atoms with Crippen LogP contribution in [0.25, 0.3) is 0 Å². The summed E-state index contributed by atoms with van der Waals surface area (Å²) in [4.78, 5) is 0.900. The topological polar surface area (TPSA) is 38.7 Å². The van der Waals surface area contributed by atoms with E-state index in [1.54, 1.807) is 18.4 Å². The Hall–Kier alpha value is -0.880. The summed E-state index contributed by atoms with van der Waals surface area (Å²) < 4.78 is 11.7. The van der Waals surface area contributed by atoms with Crippen molar-refractivity contribution in [1.82, 2.24) is 0 Å². The molecule has 20 heavy (non-hydrogen) atoms. The van der Waals surface area contributed by atoms with Crippen molar-refractivity contribution in [2.75, 3.05) is 20.3 Å². The number of halogens is 1. The van der Waals surface area contributed by atoms with Crippen molar-refractivity contribution >= 4 is 27.3 Å². The van der Waals surface area contributed by atoms with Gasteiger partial charge >= 0.3 is 0 Å². The number of aryl methyl sites for hydroxylation is 1. The molecule has 0 radical (unpaired) electrons. The summed E-state index contributed by atoms with van der Waals surface area (Å²) in [6, 6.07) is 9.54. The van der Waals surface area contributed by atoms with Crippen LogP contribution < -0.4 is 4.74 Å². The van der Waals surface area contributed by atoms with Gasteiger partial charge < -0.3 is 14.6 Å². The Morgan fingerprint density at radius 1 is 1.30 bits per heavy atom. The minimum Gasteiger partial charge on any atom is -0.491 e. The van der Waals surface area contributed by atoms with Gasteiger partial charge in [0, 0.05) is 17.6 Å². The van der Waals surface area contributed by atoms with Crippen molar-refractivity contribution in [2.24, 2.45) is 0 Å². The highest BCUT2D eigenvalue weighted by Crippen LogP contribution is 2.37. The lowest BCUT2D eigenvalue weighted by atomic mass is 10.1. The number of hydrogen-bond donors (Lipinski definition) is 1. The summed E-state index contributed by atoms with van der Waals surface area (Å²) in [6.45, 7) is 3.00. The van der Waals surface area contributed by atoms with Gasteiger partial charge in [-0.25, -0.2) is 0 Å². The van der Waals surface area contributed by atoms with Crippen LogP contribution in [0.15, 0.2) is 34.1 Å². The number of ether oxygens (including phenoxy) is 2. The second kappa shape index (κ2) is 7.22. The Bertz CT molecular complexity index is 548. The predicted octanol–water partition coefficient (Wildman–Crippen LogP) is 3.93. The van der Waals surface area contributed by atoms with E-state index < -0.39 is 6.10 Å². The van der Waals surface area contributed by atoms with Crippen LogP contribution >= 0.6 is 27.3 Å². The van der Waals surface area contributed by atoms with Gasteiger partial charge in [-0.05, 0) is 40.5 Å². The third-order valence-electron chi connectivity index (χ3n) is 2.90. The van der Waals surface area contributed by atoms with Crippen LogP contribution in [0, 0.1) is 6.92 Å². The number of aliphatic hydroxyl groups is 1. The van der Waals surface area contributed by atoms with Gasteiger partial charge in [-0.15, -0.1) is 11.3 Å². The zero-order valence-corrected chi connectivity index (χ0v) is 13.8. The van der Waals surface area contributed by atoms with Crippen LogP contribution in [0.5, 0.6) is 5.75 Å². The number of methoxy groups -OCH3 is 1. The van der Waals surface area contributed by atoms with Gasteiger partial charge in [-0.2, -0.15) is 0 Å². The van der Waals surface area contributed by atoms with Crippen molar-refractivity contribution < 1.29 is 14.6 Å². The number of benzene rings is 1. The molecule has 0 amide bonds. The highest BCUT2D eigenvalue weighted by Gasteiger charge is 2.18. The van der Waals surface area contributed by atoms with E-state index in [-0.39, 0.29) is 0 Å². The highest BCUT2D eigenvalue weighted by atomic mass is 79.9. The molecule has 0 fully saturated rings. The van der Waals surface area contributed by atoms with Crippen LogP contribution in [0.2, 0.25) is 0 Å². The molecule has 0 bridgehead atoms. The summed E-state index contributed by atoms with van der Waals surface area (Å²) in [5.41, 5.74) is 1.90. The van der Waals surface area contributed by atoms with Crippen LogP contribution in [-0.4, -0.2) is 25.4 Å². The molecule has 0 aliphatic rings. The Morgan fingerprint density at radius 3 is 2.70 bits per heavy atom. The zero-order chi connectivity index (χ0) is 14.5. The van der Waals surface area contributed by atoms with E-state index in [1.165, 1.54) is 0 Å². The smallest absolute Gasteiger partial charge is 0.125 e. The number of aliphatic hydroxyl groups excluding tert-OH is 1. The maximum Gasteiger partial charge on any atom is 0.125 e. The Labute approximate surface area is 131 Å². The molecule has 1 aromatic heterocycles. The highest BCUT2D eigenvalue weighted by molar-refractivity contribution is 9.11. The molecule has 3 nitrogen and oxygen atoms in total. The molecule has 0 saturated carbocycles. The van der Waals surface area contributed by atoms with Gasteiger partial charge in [-0.3, -0.25) is 0 Å². The van der Waals surface area contributed by atoms with Gasteiger partial charge in [0.2, 0.25) is 0 Å². The second-order valence-corrected chi connectivity index (χ2v) is 6.79. The molecule has 2 aromatic rings. The molecule has 108 valence electrons. The summed E-state index contributed by atoms with van der Waals surface area (Å²) in [5, 5.41) is 10.5. The van der Waals surface area contributed by atoms with E-state index >= 15 is 0 Å². The van der Waals surface area contributed by atoms with Crippen LogP contribution in [0.4, 0.5) is 0 Å². The van der Waals surface area contributed by atoms with E-state index in [9.17, 15) is 5.11 Å². The monoisotopic (exact) mass is 356 g/mol. The molecular weight excluding hydrogens is 340 g/mol. The fourth-order valence-electron chi connectivity index (χ4n) is 1.84. The quantitative estimate of drug-likeness (QED) is 0.797. The molecule has 1 N–H and O–H groups in total. The van der Waals surface area contributed by atoms with Crippen LogP contribution in [0.3, 0.4) is 0 Å². The largest absolute Gasteiger partial charge is 0.491 e.